The molecule has 5 aromatic heterocycles. The molecule has 0 unspecified atom stereocenters. The molecular weight excluding hydrogens is 742 g/mol. The number of unbranched alkanes of at least 4 members (excludes halogenated alkanes) is 5. The fourth-order valence-corrected chi connectivity index (χ4v) is 3.87. The van der Waals surface area contributed by atoms with Gasteiger partial charge < -0.3 is 30.0 Å². The van der Waals surface area contributed by atoms with E-state index in [1.807, 2.05) is 48.5 Å². The summed E-state index contributed by atoms with van der Waals surface area (Å²) in [6.45, 7) is 2.96. The summed E-state index contributed by atoms with van der Waals surface area (Å²) < 4.78 is 6.04. The minimum absolute atomic E-state index is 0. The van der Waals surface area contributed by atoms with Crippen LogP contribution in [0.4, 0.5) is 0 Å². The molecule has 5 heterocycles. The van der Waals surface area contributed by atoms with Gasteiger partial charge in [-0.25, -0.2) is 4.98 Å². The van der Waals surface area contributed by atoms with Gasteiger partial charge in [-0.05, 0) is 30.7 Å². The number of hydrogen-bond acceptors (Lipinski definition) is 8. The third-order valence-corrected chi connectivity index (χ3v) is 6.26. The van der Waals surface area contributed by atoms with Gasteiger partial charge in [0.05, 0.1) is 29.4 Å². The maximum atomic E-state index is 6.04. The van der Waals surface area contributed by atoms with Gasteiger partial charge in [0.15, 0.2) is 0 Å². The fourth-order valence-electron chi connectivity index (χ4n) is 3.63. The number of ether oxygens (including phenoxy) is 1. The van der Waals surface area contributed by atoms with Crippen molar-refractivity contribution in [3.63, 3.8) is 0 Å². The number of nitrogens with zero attached hydrogens (tertiary/aromatic N) is 5. The fraction of sp³-hybridized carbons (Fsp3) is 0.242. The Hall–Kier alpha value is -3.32. The molecule has 42 heavy (non-hydrogen) atoms. The summed E-state index contributed by atoms with van der Waals surface area (Å²) >= 11 is 9.54. The van der Waals surface area contributed by atoms with Crippen LogP contribution in [-0.2, 0) is 46.3 Å². The van der Waals surface area contributed by atoms with Crippen molar-refractivity contribution < 1.29 is 25.8 Å². The summed E-state index contributed by atoms with van der Waals surface area (Å²) in [7, 11) is 0. The number of aromatic nitrogens is 5. The zero-order valence-corrected chi connectivity index (χ0v) is 27.5. The topological polar surface area (TPSA) is 73.7 Å². The van der Waals surface area contributed by atoms with Crippen LogP contribution in [0.5, 0.6) is 5.75 Å². The molecule has 5 aromatic rings. The van der Waals surface area contributed by atoms with E-state index >= 15 is 0 Å². The zero-order chi connectivity index (χ0) is 29.0. The zero-order valence-electron chi connectivity index (χ0n) is 23.6. The van der Waals surface area contributed by atoms with Crippen LogP contribution in [0, 0.1) is 0 Å². The smallest absolute Gasteiger partial charge is 0.780 e. The molecule has 0 spiro atoms. The molecule has 0 amide bonds. The molecule has 9 heteroatoms. The first-order chi connectivity index (χ1) is 20.2. The van der Waals surface area contributed by atoms with Crippen molar-refractivity contribution in [2.45, 2.75) is 55.2 Å². The van der Waals surface area contributed by atoms with Gasteiger partial charge in [0, 0.05) is 49.3 Å². The monoisotopic (exact) mass is 776 g/mol. The maximum Gasteiger partial charge on any atom is 2.00 e. The van der Waals surface area contributed by atoms with Crippen molar-refractivity contribution in [2.75, 3.05) is 6.61 Å². The minimum atomic E-state index is 0. The molecule has 0 saturated heterocycles. The predicted molar refractivity (Wildman–Crippen MR) is 169 cm³/mol. The Labute approximate surface area is 275 Å². The average molecular weight is 777 g/mol. The van der Waals surface area contributed by atoms with E-state index in [2.05, 4.69) is 26.9 Å². The Morgan fingerprint density at radius 1 is 0.571 bits per heavy atom. The van der Waals surface area contributed by atoms with Crippen molar-refractivity contribution in [3.8, 4) is 28.5 Å². The van der Waals surface area contributed by atoms with Gasteiger partial charge in [0.25, 0.3) is 0 Å². The molecule has 5 rings (SSSR count). The van der Waals surface area contributed by atoms with Crippen LogP contribution in [-0.4, -0.2) is 31.5 Å². The molecule has 0 radical (unpaired) electrons. The maximum absolute atomic E-state index is 6.04. The van der Waals surface area contributed by atoms with Crippen molar-refractivity contribution >= 4 is 25.3 Å². The van der Waals surface area contributed by atoms with E-state index in [1.54, 1.807) is 61.4 Å². The Morgan fingerprint density at radius 3 is 1.45 bits per heavy atom. The molecule has 0 aliphatic rings. The van der Waals surface area contributed by atoms with Crippen molar-refractivity contribution in [1.82, 2.24) is 24.9 Å². The summed E-state index contributed by atoms with van der Waals surface area (Å²) in [4.78, 5) is 22.8. The number of pyridine rings is 5. The minimum Gasteiger partial charge on any atom is -0.780 e. The Morgan fingerprint density at radius 2 is 1.05 bits per heavy atom. The molecule has 220 valence electrons. The average Bonchev–Trinajstić information content (AvgIpc) is 3.03. The van der Waals surface area contributed by atoms with Gasteiger partial charge in [-0.1, -0.05) is 75.4 Å². The van der Waals surface area contributed by atoms with E-state index in [4.69, 9.17) is 35.0 Å². The van der Waals surface area contributed by atoms with Gasteiger partial charge in [-0.2, -0.15) is 9.79 Å². The summed E-state index contributed by atoms with van der Waals surface area (Å²) in [5, 5.41) is 0. The molecule has 0 N–H and O–H groups in total. The molecule has 0 aliphatic heterocycles. The Kier molecular flexibility index (Phi) is 17.8. The first-order valence-electron chi connectivity index (χ1n) is 13.8. The second-order valence-electron chi connectivity index (χ2n) is 8.99. The van der Waals surface area contributed by atoms with E-state index in [1.165, 1.54) is 32.1 Å². The normalized spacial score (nSPS) is 9.74. The molecule has 0 aromatic carbocycles. The van der Waals surface area contributed by atoms with Crippen LogP contribution in [0.2, 0.25) is 0 Å². The largest absolute Gasteiger partial charge is 2.00 e. The van der Waals surface area contributed by atoms with Crippen molar-refractivity contribution in [1.29, 1.82) is 0 Å². The van der Waals surface area contributed by atoms with E-state index < -0.39 is 0 Å². The van der Waals surface area contributed by atoms with Crippen LogP contribution in [0.15, 0.2) is 120 Å². The standard InChI is InChI=1S/C23H27N3O.2C5H5NS.Pt/c1-2-3-4-5-6-11-16-27-19-17-22(20-12-7-9-14-24-20)26-23(18-19)21-13-8-10-15-25-21;2*7-5-1-3-6-4-2-5;/h7-10,12-15,17-18H,2-6,11,16H2,1H3;2*1-4H,(H,6,7);/q;;;+2/p-2. The number of rotatable bonds is 10. The van der Waals surface area contributed by atoms with E-state index in [9.17, 15) is 0 Å². The Bertz CT molecular complexity index is 1270. The molecule has 0 fully saturated rings. The third-order valence-electron chi connectivity index (χ3n) is 5.72. The van der Waals surface area contributed by atoms with Crippen molar-refractivity contribution in [3.05, 3.63) is 110 Å². The first-order valence-corrected chi connectivity index (χ1v) is 14.6. The molecule has 0 atom stereocenters. The summed E-state index contributed by atoms with van der Waals surface area (Å²) in [5.41, 5.74) is 3.27. The first kappa shape index (κ1) is 34.9. The van der Waals surface area contributed by atoms with Crippen LogP contribution < -0.4 is 4.74 Å². The van der Waals surface area contributed by atoms with Crippen LogP contribution in [0.1, 0.15) is 45.4 Å². The molecule has 0 aliphatic carbocycles. The predicted octanol–water partition coefficient (Wildman–Crippen LogP) is 7.92. The molecular formula is C33H35N5OPtS2. The quantitative estimate of drug-likeness (QED) is 0.105. The summed E-state index contributed by atoms with van der Waals surface area (Å²) in [6.07, 6.45) is 17.8. The van der Waals surface area contributed by atoms with Crippen molar-refractivity contribution in [2.24, 2.45) is 0 Å². The second kappa shape index (κ2) is 21.4. The summed E-state index contributed by atoms with van der Waals surface area (Å²) in [5.74, 6) is 0.819. The molecule has 6 nitrogen and oxygen atoms in total. The SMILES string of the molecule is CCCCCCCCOc1cc(-c2ccccn2)nc(-c2ccccn2)c1.[Pt+2].[S-]c1ccncc1.[S-]c1ccncc1. The second-order valence-corrected chi connectivity index (χ2v) is 9.93. The van der Waals surface area contributed by atoms with Gasteiger partial charge in [0.2, 0.25) is 0 Å². The van der Waals surface area contributed by atoms with E-state index in [-0.39, 0.29) is 21.1 Å². The van der Waals surface area contributed by atoms with Gasteiger partial charge in [-0.15, -0.1) is 0 Å². The van der Waals surface area contributed by atoms with E-state index in [0.717, 1.165) is 51.3 Å². The van der Waals surface area contributed by atoms with Gasteiger partial charge in [-0.3, -0.25) is 19.9 Å². The number of hydrogen-bond donors (Lipinski definition) is 0. The van der Waals surface area contributed by atoms with Gasteiger partial charge >= 0.3 is 21.1 Å². The van der Waals surface area contributed by atoms with Gasteiger partial charge in [0.1, 0.15) is 5.75 Å². The third kappa shape index (κ3) is 14.0. The van der Waals surface area contributed by atoms with E-state index in [0.29, 0.717) is 0 Å². The van der Waals surface area contributed by atoms with Crippen LogP contribution >= 0.6 is 0 Å². The van der Waals surface area contributed by atoms with Crippen LogP contribution in [0.25, 0.3) is 22.8 Å². The summed E-state index contributed by atoms with van der Waals surface area (Å²) in [6, 6.07) is 22.7. The Balaban J connectivity index is 0.000000334. The molecule has 0 saturated carbocycles. The van der Waals surface area contributed by atoms with Crippen LogP contribution in [0.3, 0.4) is 0 Å². The molecule has 0 bridgehead atoms.